The summed E-state index contributed by atoms with van der Waals surface area (Å²) in [6.07, 6.45) is 3.11. The van der Waals surface area contributed by atoms with Crippen LogP contribution in [-0.2, 0) is 9.53 Å². The first kappa shape index (κ1) is 12.2. The Hall–Kier alpha value is -0.870. The highest BCUT2D eigenvalue weighted by atomic mass is 16.5. The fourth-order valence-electron chi connectivity index (χ4n) is 1.59. The largest absolute Gasteiger partial charge is 0.466 e. The second kappa shape index (κ2) is 6.58. The molecule has 1 aliphatic heterocycles. The van der Waals surface area contributed by atoms with E-state index in [1.54, 1.807) is 6.92 Å². The van der Waals surface area contributed by atoms with Gasteiger partial charge in [0, 0.05) is 25.2 Å². The van der Waals surface area contributed by atoms with E-state index in [2.05, 4.69) is 15.0 Å². The van der Waals surface area contributed by atoms with E-state index in [0.717, 1.165) is 32.7 Å². The molecule has 4 heteroatoms. The van der Waals surface area contributed by atoms with E-state index in [-0.39, 0.29) is 5.97 Å². The lowest BCUT2D eigenvalue weighted by Gasteiger charge is -2.17. The van der Waals surface area contributed by atoms with Crippen molar-refractivity contribution in [3.63, 3.8) is 0 Å². The molecule has 0 aromatic heterocycles. The van der Waals surface area contributed by atoms with Gasteiger partial charge in [-0.05, 0) is 26.4 Å². The fraction of sp³-hybridized carbons (Fsp3) is 0.727. The Morgan fingerprint density at radius 2 is 2.27 bits per heavy atom. The molecule has 86 valence electrons. The van der Waals surface area contributed by atoms with Gasteiger partial charge in [-0.3, -0.25) is 4.90 Å². The predicted molar refractivity (Wildman–Crippen MR) is 59.7 cm³/mol. The smallest absolute Gasteiger partial charge is 0.333 e. The molecule has 0 aliphatic carbocycles. The predicted octanol–water partition coefficient (Wildman–Crippen LogP) is 0.401. The molecule has 1 rings (SSSR count). The summed E-state index contributed by atoms with van der Waals surface area (Å²) in [6, 6.07) is 0. The van der Waals surface area contributed by atoms with E-state index < -0.39 is 0 Å². The van der Waals surface area contributed by atoms with Crippen LogP contribution in [0.3, 0.4) is 0 Å². The molecule has 0 saturated carbocycles. The van der Waals surface area contributed by atoms with E-state index in [9.17, 15) is 4.79 Å². The van der Waals surface area contributed by atoms with Gasteiger partial charge in [-0.15, -0.1) is 0 Å². The summed E-state index contributed by atoms with van der Waals surface area (Å²) in [5, 5.41) is 3.34. The highest BCUT2D eigenvalue weighted by Gasteiger charge is 2.08. The molecular weight excluding hydrogens is 192 g/mol. The molecule has 0 spiro atoms. The summed E-state index contributed by atoms with van der Waals surface area (Å²) < 4.78 is 4.64. The molecule has 15 heavy (non-hydrogen) atoms. The molecule has 1 fully saturated rings. The molecule has 0 bridgehead atoms. The van der Waals surface area contributed by atoms with E-state index in [0.29, 0.717) is 5.57 Å². The van der Waals surface area contributed by atoms with Crippen molar-refractivity contribution in [1.82, 2.24) is 10.2 Å². The summed E-state index contributed by atoms with van der Waals surface area (Å²) in [5.74, 6) is -0.233. The molecule has 4 nitrogen and oxygen atoms in total. The van der Waals surface area contributed by atoms with Crippen LogP contribution in [-0.4, -0.2) is 50.7 Å². The molecule has 1 N–H and O–H groups in total. The number of nitrogens with one attached hydrogen (secondary N) is 1. The topological polar surface area (TPSA) is 41.6 Å². The van der Waals surface area contributed by atoms with Gasteiger partial charge >= 0.3 is 5.97 Å². The van der Waals surface area contributed by atoms with Crippen molar-refractivity contribution in [3.8, 4) is 0 Å². The standard InChI is InChI=1S/C11H20N2O2/c1-10(11(14)15-2)4-8-13-7-3-5-12-6-9-13/h4,12H,3,5-9H2,1-2H3. The van der Waals surface area contributed by atoms with Crippen molar-refractivity contribution in [2.24, 2.45) is 0 Å². The Labute approximate surface area is 91.3 Å². The second-order valence-corrected chi connectivity index (χ2v) is 3.78. The Balaban J connectivity index is 2.36. The van der Waals surface area contributed by atoms with Gasteiger partial charge < -0.3 is 10.1 Å². The van der Waals surface area contributed by atoms with Crippen LogP contribution in [0.15, 0.2) is 11.6 Å². The number of hydrogen-bond donors (Lipinski definition) is 1. The normalized spacial score (nSPS) is 19.7. The fourth-order valence-corrected chi connectivity index (χ4v) is 1.59. The van der Waals surface area contributed by atoms with Crippen LogP contribution in [0.25, 0.3) is 0 Å². The molecule has 0 aromatic carbocycles. The minimum absolute atomic E-state index is 0.233. The first-order valence-electron chi connectivity index (χ1n) is 5.42. The van der Waals surface area contributed by atoms with Crippen LogP contribution >= 0.6 is 0 Å². The van der Waals surface area contributed by atoms with Gasteiger partial charge in [0.1, 0.15) is 0 Å². The number of nitrogens with zero attached hydrogens (tertiary/aromatic N) is 1. The van der Waals surface area contributed by atoms with Gasteiger partial charge in [-0.2, -0.15) is 0 Å². The number of carbonyl (C=O) groups is 1. The molecule has 0 atom stereocenters. The highest BCUT2D eigenvalue weighted by molar-refractivity contribution is 5.87. The molecule has 1 saturated heterocycles. The Kier molecular flexibility index (Phi) is 5.36. The first-order chi connectivity index (χ1) is 7.24. The van der Waals surface area contributed by atoms with Crippen LogP contribution in [0.5, 0.6) is 0 Å². The average molecular weight is 212 g/mol. The Morgan fingerprint density at radius 1 is 1.47 bits per heavy atom. The lowest BCUT2D eigenvalue weighted by atomic mass is 10.2. The van der Waals surface area contributed by atoms with Gasteiger partial charge in [-0.25, -0.2) is 4.79 Å². The maximum Gasteiger partial charge on any atom is 0.333 e. The van der Waals surface area contributed by atoms with Crippen molar-refractivity contribution >= 4 is 5.97 Å². The molecule has 1 heterocycles. The SMILES string of the molecule is COC(=O)C(C)=CCN1CCCNCC1. The molecule has 1 aliphatic rings. The van der Waals surface area contributed by atoms with E-state index in [4.69, 9.17) is 0 Å². The van der Waals surface area contributed by atoms with Gasteiger partial charge in [0.2, 0.25) is 0 Å². The first-order valence-corrected chi connectivity index (χ1v) is 5.42. The van der Waals surface area contributed by atoms with E-state index >= 15 is 0 Å². The quantitative estimate of drug-likeness (QED) is 0.543. The summed E-state index contributed by atoms with van der Waals surface area (Å²) in [6.45, 7) is 6.90. The second-order valence-electron chi connectivity index (χ2n) is 3.78. The van der Waals surface area contributed by atoms with Gasteiger partial charge in [0.25, 0.3) is 0 Å². The van der Waals surface area contributed by atoms with Crippen LogP contribution in [0.1, 0.15) is 13.3 Å². The minimum Gasteiger partial charge on any atom is -0.466 e. The van der Waals surface area contributed by atoms with Gasteiger partial charge in [0.15, 0.2) is 0 Å². The Bertz CT molecular complexity index is 231. The third-order valence-electron chi connectivity index (χ3n) is 2.60. The number of esters is 1. The number of methoxy groups -OCH3 is 1. The highest BCUT2D eigenvalue weighted by Crippen LogP contribution is 1.99. The third-order valence-corrected chi connectivity index (χ3v) is 2.60. The number of ether oxygens (including phenoxy) is 1. The van der Waals surface area contributed by atoms with Crippen molar-refractivity contribution in [2.45, 2.75) is 13.3 Å². The van der Waals surface area contributed by atoms with Crippen LogP contribution in [0.4, 0.5) is 0 Å². The number of rotatable bonds is 3. The molecule has 0 radical (unpaired) electrons. The summed E-state index contributed by atoms with van der Waals surface area (Å²) in [5.41, 5.74) is 0.690. The zero-order chi connectivity index (χ0) is 11.1. The van der Waals surface area contributed by atoms with E-state index in [1.807, 2.05) is 6.08 Å². The van der Waals surface area contributed by atoms with Crippen molar-refractivity contribution in [3.05, 3.63) is 11.6 Å². The lowest BCUT2D eigenvalue weighted by molar-refractivity contribution is -0.136. The average Bonchev–Trinajstić information content (AvgIpc) is 2.53. The number of carbonyl (C=O) groups excluding carboxylic acids is 1. The zero-order valence-corrected chi connectivity index (χ0v) is 9.58. The van der Waals surface area contributed by atoms with Crippen molar-refractivity contribution in [2.75, 3.05) is 39.8 Å². The van der Waals surface area contributed by atoms with Crippen LogP contribution in [0.2, 0.25) is 0 Å². The summed E-state index contributed by atoms with van der Waals surface area (Å²) >= 11 is 0. The van der Waals surface area contributed by atoms with E-state index in [1.165, 1.54) is 13.5 Å². The van der Waals surface area contributed by atoms with Crippen LogP contribution in [0, 0.1) is 0 Å². The minimum atomic E-state index is -0.233. The Morgan fingerprint density at radius 3 is 3.00 bits per heavy atom. The molecule has 0 aromatic rings. The van der Waals surface area contributed by atoms with Crippen molar-refractivity contribution in [1.29, 1.82) is 0 Å². The van der Waals surface area contributed by atoms with Crippen LogP contribution < -0.4 is 5.32 Å². The van der Waals surface area contributed by atoms with Gasteiger partial charge in [-0.1, -0.05) is 6.08 Å². The number of hydrogen-bond acceptors (Lipinski definition) is 4. The monoisotopic (exact) mass is 212 g/mol. The zero-order valence-electron chi connectivity index (χ0n) is 9.58. The summed E-state index contributed by atoms with van der Waals surface area (Å²) in [7, 11) is 1.41. The summed E-state index contributed by atoms with van der Waals surface area (Å²) in [4.78, 5) is 13.5. The molecular formula is C11H20N2O2. The van der Waals surface area contributed by atoms with Crippen molar-refractivity contribution < 1.29 is 9.53 Å². The molecule has 0 amide bonds. The molecule has 0 unspecified atom stereocenters. The third kappa shape index (κ3) is 4.44. The lowest BCUT2D eigenvalue weighted by Crippen LogP contribution is -2.28. The maximum absolute atomic E-state index is 11.1. The maximum atomic E-state index is 11.1. The van der Waals surface area contributed by atoms with Gasteiger partial charge in [0.05, 0.1) is 7.11 Å².